The summed E-state index contributed by atoms with van der Waals surface area (Å²) in [5, 5.41) is 10.1. The summed E-state index contributed by atoms with van der Waals surface area (Å²) < 4.78 is 0. The van der Waals surface area contributed by atoms with Crippen LogP contribution < -0.4 is 0 Å². The van der Waals surface area contributed by atoms with Crippen LogP contribution in [0.1, 0.15) is 15.9 Å². The zero-order valence-electron chi connectivity index (χ0n) is 10.5. The highest BCUT2D eigenvalue weighted by molar-refractivity contribution is 6.31. The minimum absolute atomic E-state index is 0.0136. The fraction of sp³-hybridized carbons (Fsp3) is 0.188. The van der Waals surface area contributed by atoms with Gasteiger partial charge in [0, 0.05) is 17.0 Å². The number of carbonyl (C=O) groups is 1. The number of fused-ring (bicyclic) bond motifs is 3. The molecule has 2 unspecified atom stereocenters. The van der Waals surface area contributed by atoms with Gasteiger partial charge in [-0.2, -0.15) is 0 Å². The molecule has 20 heavy (non-hydrogen) atoms. The van der Waals surface area contributed by atoms with Crippen LogP contribution in [0.4, 0.5) is 0 Å². The number of hydrogen-bond acceptors (Lipinski definition) is 2. The third-order valence-corrected chi connectivity index (χ3v) is 4.67. The van der Waals surface area contributed by atoms with Crippen LogP contribution in [0.3, 0.4) is 0 Å². The molecule has 0 aromatic heterocycles. The van der Waals surface area contributed by atoms with Crippen molar-refractivity contribution in [2.24, 2.45) is 0 Å². The lowest BCUT2D eigenvalue weighted by molar-refractivity contribution is 0.0296. The molecular formula is C16H12Cl2O2. The lowest BCUT2D eigenvalue weighted by atomic mass is 9.73. The number of ketones is 1. The summed E-state index contributed by atoms with van der Waals surface area (Å²) in [6.07, 6.45) is 0. The summed E-state index contributed by atoms with van der Waals surface area (Å²) in [4.78, 5) is 12.7. The summed E-state index contributed by atoms with van der Waals surface area (Å²) in [7, 11) is 0. The van der Waals surface area contributed by atoms with Gasteiger partial charge in [-0.1, -0.05) is 48.5 Å². The Bertz CT molecular complexity index is 684. The molecule has 0 fully saturated rings. The standard InChI is InChI=1S/C16H12Cl2O2/c17-9-14(18)16(20)13-8-4-3-6-11(13)10-5-1-2-7-12(10)15(16)19/h1-8,14,20H,9H2. The van der Waals surface area contributed by atoms with Gasteiger partial charge in [-0.3, -0.25) is 4.79 Å². The maximum atomic E-state index is 12.7. The van der Waals surface area contributed by atoms with E-state index >= 15 is 0 Å². The Kier molecular flexibility index (Phi) is 3.33. The first-order valence-electron chi connectivity index (χ1n) is 6.26. The highest BCUT2D eigenvalue weighted by Gasteiger charge is 2.49. The Balaban J connectivity index is 2.35. The first-order valence-corrected chi connectivity index (χ1v) is 7.24. The Hall–Kier alpha value is -1.35. The van der Waals surface area contributed by atoms with Crippen LogP contribution in [-0.4, -0.2) is 22.1 Å². The Morgan fingerprint density at radius 1 is 1.00 bits per heavy atom. The van der Waals surface area contributed by atoms with E-state index in [0.29, 0.717) is 11.1 Å². The van der Waals surface area contributed by atoms with Gasteiger partial charge in [0.1, 0.15) is 0 Å². The molecule has 1 N–H and O–H groups in total. The summed E-state index contributed by atoms with van der Waals surface area (Å²) in [5.74, 6) is -0.409. The quantitative estimate of drug-likeness (QED) is 0.861. The lowest BCUT2D eigenvalue weighted by Crippen LogP contribution is -2.47. The molecule has 0 heterocycles. The molecule has 0 aliphatic heterocycles. The van der Waals surface area contributed by atoms with Gasteiger partial charge in [0.15, 0.2) is 5.60 Å². The number of halogens is 2. The van der Waals surface area contributed by atoms with Gasteiger partial charge in [0.2, 0.25) is 5.78 Å². The van der Waals surface area contributed by atoms with E-state index in [1.165, 1.54) is 0 Å². The van der Waals surface area contributed by atoms with Crippen molar-refractivity contribution in [3.63, 3.8) is 0 Å². The smallest absolute Gasteiger partial charge is 0.201 e. The van der Waals surface area contributed by atoms with Gasteiger partial charge in [-0.05, 0) is 11.1 Å². The van der Waals surface area contributed by atoms with E-state index in [1.807, 2.05) is 24.3 Å². The van der Waals surface area contributed by atoms with E-state index in [2.05, 4.69) is 0 Å². The molecule has 102 valence electrons. The van der Waals surface area contributed by atoms with Crippen molar-refractivity contribution < 1.29 is 9.90 Å². The highest BCUT2D eigenvalue weighted by atomic mass is 35.5. The summed E-state index contributed by atoms with van der Waals surface area (Å²) in [6, 6.07) is 14.5. The Morgan fingerprint density at radius 2 is 1.55 bits per heavy atom. The van der Waals surface area contributed by atoms with Crippen LogP contribution in [0.15, 0.2) is 48.5 Å². The number of alkyl halides is 2. The summed E-state index contributed by atoms with van der Waals surface area (Å²) >= 11 is 12.0. The number of hydrogen-bond donors (Lipinski definition) is 1. The van der Waals surface area contributed by atoms with E-state index in [9.17, 15) is 9.90 Å². The molecule has 0 bridgehead atoms. The number of rotatable bonds is 2. The summed E-state index contributed by atoms with van der Waals surface area (Å²) in [5.41, 5.74) is 0.847. The number of carbonyl (C=O) groups excluding carboxylic acids is 1. The van der Waals surface area contributed by atoms with E-state index in [-0.39, 0.29) is 5.88 Å². The zero-order chi connectivity index (χ0) is 14.3. The number of aliphatic hydroxyl groups is 1. The van der Waals surface area contributed by atoms with Gasteiger partial charge in [0.05, 0.1) is 5.38 Å². The van der Waals surface area contributed by atoms with E-state index in [0.717, 1.165) is 11.1 Å². The molecular weight excluding hydrogens is 295 g/mol. The van der Waals surface area contributed by atoms with E-state index in [1.54, 1.807) is 24.3 Å². The lowest BCUT2D eigenvalue weighted by Gasteiger charge is -2.36. The van der Waals surface area contributed by atoms with Gasteiger partial charge >= 0.3 is 0 Å². The predicted octanol–water partition coefficient (Wildman–Crippen LogP) is 3.58. The molecule has 2 aromatic rings. The molecule has 1 aliphatic rings. The highest BCUT2D eigenvalue weighted by Crippen LogP contribution is 2.44. The fourth-order valence-electron chi connectivity index (χ4n) is 2.72. The van der Waals surface area contributed by atoms with Crippen LogP contribution in [0.5, 0.6) is 0 Å². The SMILES string of the molecule is O=C1c2ccccc2-c2ccccc2C1(O)C(Cl)CCl. The number of benzene rings is 2. The molecule has 1 aliphatic carbocycles. The average Bonchev–Trinajstić information content (AvgIpc) is 2.51. The molecule has 3 rings (SSSR count). The van der Waals surface area contributed by atoms with Crippen LogP contribution in [0.2, 0.25) is 0 Å². The first-order chi connectivity index (χ1) is 9.60. The largest absolute Gasteiger partial charge is 0.375 e. The van der Waals surface area contributed by atoms with Crippen LogP contribution in [0.25, 0.3) is 11.1 Å². The van der Waals surface area contributed by atoms with Gasteiger partial charge in [-0.15, -0.1) is 23.2 Å². The van der Waals surface area contributed by atoms with Crippen molar-refractivity contribution >= 4 is 29.0 Å². The second-order valence-electron chi connectivity index (χ2n) is 4.81. The molecule has 2 atom stereocenters. The monoisotopic (exact) mass is 306 g/mol. The Labute approximate surface area is 127 Å². The van der Waals surface area contributed by atoms with Crippen molar-refractivity contribution in [1.82, 2.24) is 0 Å². The second-order valence-corrected chi connectivity index (χ2v) is 5.64. The molecule has 0 amide bonds. The van der Waals surface area contributed by atoms with E-state index in [4.69, 9.17) is 23.2 Å². The minimum atomic E-state index is -1.78. The van der Waals surface area contributed by atoms with Crippen molar-refractivity contribution in [2.75, 3.05) is 5.88 Å². The van der Waals surface area contributed by atoms with Crippen LogP contribution >= 0.6 is 23.2 Å². The molecule has 0 radical (unpaired) electrons. The predicted molar refractivity (Wildman–Crippen MR) is 80.5 cm³/mol. The maximum Gasteiger partial charge on any atom is 0.201 e. The average molecular weight is 307 g/mol. The molecule has 0 spiro atoms. The van der Waals surface area contributed by atoms with Crippen molar-refractivity contribution in [3.05, 3.63) is 59.7 Å². The van der Waals surface area contributed by atoms with Gasteiger partial charge < -0.3 is 5.11 Å². The third kappa shape index (κ3) is 1.72. The molecule has 0 saturated carbocycles. The minimum Gasteiger partial charge on any atom is -0.375 e. The van der Waals surface area contributed by atoms with Gasteiger partial charge in [-0.25, -0.2) is 0 Å². The first kappa shape index (κ1) is 13.6. The van der Waals surface area contributed by atoms with Gasteiger partial charge in [0.25, 0.3) is 0 Å². The molecule has 4 heteroatoms. The fourth-order valence-corrected chi connectivity index (χ4v) is 3.16. The normalized spacial score (nSPS) is 22.1. The maximum absolute atomic E-state index is 12.7. The topological polar surface area (TPSA) is 37.3 Å². The zero-order valence-corrected chi connectivity index (χ0v) is 12.0. The number of Topliss-reactive ketones (excluding diaryl/α,β-unsaturated/α-hetero) is 1. The van der Waals surface area contributed by atoms with Crippen LogP contribution in [0, 0.1) is 0 Å². The van der Waals surface area contributed by atoms with E-state index < -0.39 is 16.8 Å². The summed E-state index contributed by atoms with van der Waals surface area (Å²) in [6.45, 7) is 0. The van der Waals surface area contributed by atoms with Crippen molar-refractivity contribution in [3.8, 4) is 11.1 Å². The molecule has 2 nitrogen and oxygen atoms in total. The Morgan fingerprint density at radius 3 is 2.20 bits per heavy atom. The molecule has 0 saturated heterocycles. The van der Waals surface area contributed by atoms with Crippen LogP contribution in [-0.2, 0) is 5.60 Å². The molecule has 2 aromatic carbocycles. The second kappa shape index (κ2) is 4.88. The van der Waals surface area contributed by atoms with Crippen molar-refractivity contribution in [2.45, 2.75) is 11.0 Å². The van der Waals surface area contributed by atoms with Crippen molar-refractivity contribution in [1.29, 1.82) is 0 Å². The third-order valence-electron chi connectivity index (χ3n) is 3.73.